The van der Waals surface area contributed by atoms with Crippen molar-refractivity contribution in [1.29, 1.82) is 0 Å². The van der Waals surface area contributed by atoms with E-state index in [2.05, 4.69) is 20.1 Å². The average Bonchev–Trinajstić information content (AvgIpc) is 2.83. The minimum atomic E-state index is -0.715. The van der Waals surface area contributed by atoms with Gasteiger partial charge in [-0.15, -0.1) is 0 Å². The van der Waals surface area contributed by atoms with Crippen molar-refractivity contribution in [3.8, 4) is 0 Å². The number of pyridine rings is 1. The summed E-state index contributed by atoms with van der Waals surface area (Å²) in [6.45, 7) is 5.29. The topological polar surface area (TPSA) is 81.8 Å². The van der Waals surface area contributed by atoms with Gasteiger partial charge in [0.25, 0.3) is 0 Å². The zero-order valence-corrected chi connectivity index (χ0v) is 19.3. The summed E-state index contributed by atoms with van der Waals surface area (Å²) in [6, 6.07) is 12.5. The number of fused-ring (bicyclic) bond motifs is 2. The monoisotopic (exact) mass is 480 g/mol. The number of nitrogens with zero attached hydrogens (tertiary/aromatic N) is 3. The van der Waals surface area contributed by atoms with Crippen LogP contribution in [0.2, 0.25) is 0 Å². The molecule has 1 aliphatic rings. The molecular weight excluding hydrogens is 454 g/mol. The highest BCUT2D eigenvalue weighted by Crippen LogP contribution is 2.27. The van der Waals surface area contributed by atoms with E-state index in [1.165, 1.54) is 30.3 Å². The molecule has 5 rings (SSSR count). The molecule has 1 unspecified atom stereocenters. The van der Waals surface area contributed by atoms with Gasteiger partial charge in [0.15, 0.2) is 0 Å². The summed E-state index contributed by atoms with van der Waals surface area (Å²) < 4.78 is 32.9. The molecule has 2 N–H and O–H groups in total. The number of anilines is 2. The van der Waals surface area contributed by atoms with Crippen molar-refractivity contribution in [2.24, 2.45) is 0 Å². The largest absolute Gasteiger partial charge is 0.423 e. The number of aromatic nitrogens is 1. The second-order valence-electron chi connectivity index (χ2n) is 8.94. The number of aryl methyl sites for hydroxylation is 1. The van der Waals surface area contributed by atoms with Crippen LogP contribution in [0.5, 0.6) is 0 Å². The third kappa shape index (κ3) is 5.11. The van der Waals surface area contributed by atoms with E-state index < -0.39 is 23.5 Å². The summed E-state index contributed by atoms with van der Waals surface area (Å²) in [6.07, 6.45) is -0.715. The number of β-amino-alcohol motifs (C(OH)–C–C–N with tert-alkyl or cyclic N) is 1. The molecule has 0 radical (unpaired) electrons. The van der Waals surface area contributed by atoms with E-state index in [9.17, 15) is 18.7 Å². The first-order valence-corrected chi connectivity index (χ1v) is 11.6. The number of hydrogen-bond acceptors (Lipinski definition) is 7. The molecule has 35 heavy (non-hydrogen) atoms. The number of halogens is 2. The molecule has 182 valence electrons. The van der Waals surface area contributed by atoms with Crippen molar-refractivity contribution in [3.05, 3.63) is 76.3 Å². The van der Waals surface area contributed by atoms with Crippen LogP contribution in [0.15, 0.2) is 57.7 Å². The van der Waals surface area contributed by atoms with E-state index in [4.69, 9.17) is 4.42 Å². The van der Waals surface area contributed by atoms with Gasteiger partial charge in [0.05, 0.1) is 11.8 Å². The molecule has 1 saturated heterocycles. The van der Waals surface area contributed by atoms with E-state index in [1.807, 2.05) is 25.1 Å². The van der Waals surface area contributed by atoms with Crippen LogP contribution >= 0.6 is 0 Å². The number of aliphatic hydroxyl groups excluding tert-OH is 1. The first-order chi connectivity index (χ1) is 16.9. The number of piperazine rings is 1. The van der Waals surface area contributed by atoms with Gasteiger partial charge in [-0.05, 0) is 36.6 Å². The standard InChI is InChI=1S/C26H26F2N4O3/c1-16-2-3-17-11-24(28)30-26(20(17)10-16)32-8-6-31(7-9-32)15-19(33)14-29-22-13-25(34)35-23-5-4-18(27)12-21(22)23/h2-5,10-13,19,29,33H,6-9,14-15H2,1H3. The number of rotatable bonds is 6. The summed E-state index contributed by atoms with van der Waals surface area (Å²) in [7, 11) is 0. The molecular formula is C26H26F2N4O3. The molecule has 4 aromatic rings. The van der Waals surface area contributed by atoms with Gasteiger partial charge in [0, 0.05) is 62.2 Å². The number of hydrogen-bond donors (Lipinski definition) is 2. The van der Waals surface area contributed by atoms with E-state index >= 15 is 0 Å². The van der Waals surface area contributed by atoms with E-state index in [1.54, 1.807) is 0 Å². The van der Waals surface area contributed by atoms with Crippen molar-refractivity contribution >= 4 is 33.2 Å². The number of aliphatic hydroxyl groups is 1. The molecule has 1 fully saturated rings. The fourth-order valence-electron chi connectivity index (χ4n) is 4.57. The van der Waals surface area contributed by atoms with Crippen molar-refractivity contribution in [2.75, 3.05) is 49.5 Å². The molecule has 9 heteroatoms. The Balaban J connectivity index is 1.21. The Morgan fingerprint density at radius 3 is 2.66 bits per heavy atom. The second kappa shape index (κ2) is 9.59. The Kier molecular flexibility index (Phi) is 6.36. The van der Waals surface area contributed by atoms with E-state index in [-0.39, 0.29) is 12.1 Å². The lowest BCUT2D eigenvalue weighted by Gasteiger charge is -2.36. The maximum absolute atomic E-state index is 14.1. The van der Waals surface area contributed by atoms with Crippen molar-refractivity contribution in [2.45, 2.75) is 13.0 Å². The molecule has 0 amide bonds. The van der Waals surface area contributed by atoms with Gasteiger partial charge < -0.3 is 19.7 Å². The van der Waals surface area contributed by atoms with Crippen LogP contribution in [-0.2, 0) is 0 Å². The Morgan fingerprint density at radius 2 is 1.86 bits per heavy atom. The van der Waals surface area contributed by atoms with Gasteiger partial charge in [-0.2, -0.15) is 4.39 Å². The summed E-state index contributed by atoms with van der Waals surface area (Å²) in [4.78, 5) is 20.2. The second-order valence-corrected chi connectivity index (χ2v) is 8.94. The van der Waals surface area contributed by atoms with Gasteiger partial charge in [-0.1, -0.05) is 17.7 Å². The van der Waals surface area contributed by atoms with Crippen molar-refractivity contribution < 1.29 is 18.3 Å². The highest BCUT2D eigenvalue weighted by Gasteiger charge is 2.22. The van der Waals surface area contributed by atoms with Gasteiger partial charge >= 0.3 is 5.63 Å². The maximum Gasteiger partial charge on any atom is 0.338 e. The first kappa shape index (κ1) is 23.2. The predicted molar refractivity (Wildman–Crippen MR) is 132 cm³/mol. The summed E-state index contributed by atoms with van der Waals surface area (Å²) in [5, 5.41) is 15.8. The van der Waals surface area contributed by atoms with Gasteiger partial charge in [-0.3, -0.25) is 4.90 Å². The molecule has 2 aromatic carbocycles. The minimum Gasteiger partial charge on any atom is -0.423 e. The van der Waals surface area contributed by atoms with Crippen LogP contribution in [0.4, 0.5) is 20.3 Å². The third-order valence-electron chi connectivity index (χ3n) is 6.31. The average molecular weight is 481 g/mol. The number of nitrogens with one attached hydrogen (secondary N) is 1. The Labute approximate surface area is 200 Å². The Bertz CT molecular complexity index is 1430. The highest BCUT2D eigenvalue weighted by molar-refractivity contribution is 5.93. The first-order valence-electron chi connectivity index (χ1n) is 11.6. The molecule has 1 atom stereocenters. The van der Waals surface area contributed by atoms with E-state index in [0.29, 0.717) is 49.6 Å². The SMILES string of the molecule is Cc1ccc2cc(F)nc(N3CCN(CC(O)CNc4cc(=O)oc5ccc(F)cc45)CC3)c2c1. The lowest BCUT2D eigenvalue weighted by Crippen LogP contribution is -2.49. The van der Waals surface area contributed by atoms with Crippen LogP contribution in [0.3, 0.4) is 0 Å². The fourth-order valence-corrected chi connectivity index (χ4v) is 4.57. The Morgan fingerprint density at radius 1 is 1.06 bits per heavy atom. The maximum atomic E-state index is 14.1. The zero-order valence-electron chi connectivity index (χ0n) is 19.3. The van der Waals surface area contributed by atoms with Crippen LogP contribution < -0.4 is 15.8 Å². The van der Waals surface area contributed by atoms with Crippen LogP contribution in [-0.4, -0.2) is 60.4 Å². The summed E-state index contributed by atoms with van der Waals surface area (Å²) >= 11 is 0. The molecule has 0 bridgehead atoms. The molecule has 1 aliphatic heterocycles. The lowest BCUT2D eigenvalue weighted by molar-refractivity contribution is 0.118. The van der Waals surface area contributed by atoms with E-state index in [0.717, 1.165) is 16.3 Å². The summed E-state index contributed by atoms with van der Waals surface area (Å²) in [5.41, 5.74) is 1.23. The highest BCUT2D eigenvalue weighted by atomic mass is 19.1. The third-order valence-corrected chi connectivity index (χ3v) is 6.31. The Hall–Kier alpha value is -3.56. The van der Waals surface area contributed by atoms with Crippen molar-refractivity contribution in [3.63, 3.8) is 0 Å². The molecule has 0 spiro atoms. The lowest BCUT2D eigenvalue weighted by atomic mass is 10.1. The smallest absolute Gasteiger partial charge is 0.338 e. The minimum absolute atomic E-state index is 0.185. The zero-order chi connectivity index (χ0) is 24.5. The summed E-state index contributed by atoms with van der Waals surface area (Å²) in [5.74, 6) is -0.293. The van der Waals surface area contributed by atoms with Crippen LogP contribution in [0.1, 0.15) is 5.56 Å². The van der Waals surface area contributed by atoms with Crippen LogP contribution in [0.25, 0.3) is 21.7 Å². The van der Waals surface area contributed by atoms with Crippen molar-refractivity contribution in [1.82, 2.24) is 9.88 Å². The quantitative estimate of drug-likeness (QED) is 0.323. The molecule has 2 aromatic heterocycles. The molecule has 3 heterocycles. The molecule has 7 nitrogen and oxygen atoms in total. The molecule has 0 saturated carbocycles. The molecule has 0 aliphatic carbocycles. The van der Waals surface area contributed by atoms with Gasteiger partial charge in [0.1, 0.15) is 17.2 Å². The fraction of sp³-hybridized carbons (Fsp3) is 0.308. The van der Waals surface area contributed by atoms with Crippen LogP contribution in [0, 0.1) is 18.7 Å². The predicted octanol–water partition coefficient (Wildman–Crippen LogP) is 3.52. The van der Waals surface area contributed by atoms with Gasteiger partial charge in [-0.25, -0.2) is 14.2 Å². The van der Waals surface area contributed by atoms with Gasteiger partial charge in [0.2, 0.25) is 5.95 Å². The number of benzene rings is 2. The normalized spacial score (nSPS) is 15.6.